The Kier molecular flexibility index (Phi) is 7.02. The summed E-state index contributed by atoms with van der Waals surface area (Å²) in [5.41, 5.74) is 2.42. The highest BCUT2D eigenvalue weighted by Crippen LogP contribution is 1.72. The first-order valence-electron chi connectivity index (χ1n) is 3.21. The Morgan fingerprint density at radius 3 is 2.64 bits per heavy atom. The maximum absolute atomic E-state index is 10.4. The standard InChI is InChI=1S/C6H13NO4/c1-9-3-4-11-7-5-6(8)10-2/h7H,3-5H2,1-2H3. The van der Waals surface area contributed by atoms with Crippen LogP contribution in [0.4, 0.5) is 0 Å². The van der Waals surface area contributed by atoms with Gasteiger partial charge in [0.15, 0.2) is 0 Å². The monoisotopic (exact) mass is 163 g/mol. The number of hydrogen-bond acceptors (Lipinski definition) is 5. The van der Waals surface area contributed by atoms with Crippen LogP contribution in [0.1, 0.15) is 0 Å². The third kappa shape index (κ3) is 7.24. The molecule has 0 unspecified atom stereocenters. The number of hydrogen-bond donors (Lipinski definition) is 1. The van der Waals surface area contributed by atoms with Crippen molar-refractivity contribution in [2.75, 3.05) is 34.0 Å². The number of methoxy groups -OCH3 is 2. The Morgan fingerprint density at radius 1 is 1.36 bits per heavy atom. The molecule has 0 heterocycles. The smallest absolute Gasteiger partial charge is 0.322 e. The molecule has 0 amide bonds. The Labute approximate surface area is 65.6 Å². The molecule has 0 radical (unpaired) electrons. The van der Waals surface area contributed by atoms with E-state index in [9.17, 15) is 4.79 Å². The van der Waals surface area contributed by atoms with E-state index in [2.05, 4.69) is 10.2 Å². The first kappa shape index (κ1) is 10.3. The van der Waals surface area contributed by atoms with Crippen LogP contribution in [0.15, 0.2) is 0 Å². The van der Waals surface area contributed by atoms with Gasteiger partial charge in [0.1, 0.15) is 6.54 Å². The molecule has 0 fully saturated rings. The molecule has 0 bridgehead atoms. The molecule has 66 valence electrons. The molecule has 5 nitrogen and oxygen atoms in total. The van der Waals surface area contributed by atoms with Crippen LogP contribution in [-0.2, 0) is 19.1 Å². The first-order valence-corrected chi connectivity index (χ1v) is 3.21. The van der Waals surface area contributed by atoms with E-state index >= 15 is 0 Å². The Morgan fingerprint density at radius 2 is 2.09 bits per heavy atom. The highest BCUT2D eigenvalue weighted by Gasteiger charge is 1.96. The molecule has 0 aromatic carbocycles. The van der Waals surface area contributed by atoms with E-state index in [-0.39, 0.29) is 12.5 Å². The molecule has 0 aliphatic heterocycles. The predicted molar refractivity (Wildman–Crippen MR) is 37.8 cm³/mol. The van der Waals surface area contributed by atoms with Crippen molar-refractivity contribution in [3.05, 3.63) is 0 Å². The van der Waals surface area contributed by atoms with Gasteiger partial charge >= 0.3 is 5.97 Å². The number of carbonyl (C=O) groups is 1. The zero-order valence-electron chi connectivity index (χ0n) is 6.75. The predicted octanol–water partition coefficient (Wildman–Crippen LogP) is -0.673. The van der Waals surface area contributed by atoms with Gasteiger partial charge in [-0.2, -0.15) is 5.48 Å². The highest BCUT2D eigenvalue weighted by atomic mass is 16.7. The fraction of sp³-hybridized carbons (Fsp3) is 0.833. The average Bonchev–Trinajstić information content (AvgIpc) is 2.04. The lowest BCUT2D eigenvalue weighted by atomic mass is 10.7. The molecule has 0 saturated carbocycles. The second kappa shape index (κ2) is 7.46. The maximum atomic E-state index is 10.4. The second-order valence-corrected chi connectivity index (χ2v) is 1.74. The lowest BCUT2D eigenvalue weighted by molar-refractivity contribution is -0.142. The van der Waals surface area contributed by atoms with Crippen molar-refractivity contribution in [2.45, 2.75) is 0 Å². The molecule has 1 N–H and O–H groups in total. The SMILES string of the molecule is COCCONCC(=O)OC. The third-order valence-electron chi connectivity index (χ3n) is 0.936. The number of rotatable bonds is 6. The van der Waals surface area contributed by atoms with Gasteiger partial charge in [-0.15, -0.1) is 0 Å². The Bertz CT molecular complexity index is 107. The molecule has 0 atom stereocenters. The lowest BCUT2D eigenvalue weighted by Crippen LogP contribution is -2.25. The van der Waals surface area contributed by atoms with Crippen LogP contribution in [-0.4, -0.2) is 39.9 Å². The molecular weight excluding hydrogens is 150 g/mol. The van der Waals surface area contributed by atoms with E-state index in [1.807, 2.05) is 0 Å². The van der Waals surface area contributed by atoms with E-state index in [1.54, 1.807) is 7.11 Å². The molecular formula is C6H13NO4. The molecule has 0 aromatic rings. The van der Waals surface area contributed by atoms with Crippen molar-refractivity contribution in [3.8, 4) is 0 Å². The molecule has 0 aromatic heterocycles. The summed E-state index contributed by atoms with van der Waals surface area (Å²) in [5.74, 6) is -0.359. The summed E-state index contributed by atoms with van der Waals surface area (Å²) in [6.45, 7) is 0.960. The molecule has 0 rings (SSSR count). The van der Waals surface area contributed by atoms with E-state index in [0.29, 0.717) is 13.2 Å². The summed E-state index contributed by atoms with van der Waals surface area (Å²) in [5, 5.41) is 0. The van der Waals surface area contributed by atoms with E-state index in [1.165, 1.54) is 7.11 Å². The summed E-state index contributed by atoms with van der Waals surface area (Å²) >= 11 is 0. The van der Waals surface area contributed by atoms with Crippen molar-refractivity contribution in [1.82, 2.24) is 5.48 Å². The number of hydroxylamine groups is 1. The summed E-state index contributed by atoms with van der Waals surface area (Å²) in [6, 6.07) is 0. The van der Waals surface area contributed by atoms with Gasteiger partial charge in [0.25, 0.3) is 0 Å². The normalized spacial score (nSPS) is 9.64. The molecule has 0 aliphatic rings. The summed E-state index contributed by atoms with van der Waals surface area (Å²) in [7, 11) is 2.89. The third-order valence-corrected chi connectivity index (χ3v) is 0.936. The molecule has 0 spiro atoms. The van der Waals surface area contributed by atoms with Gasteiger partial charge in [-0.3, -0.25) is 9.63 Å². The second-order valence-electron chi connectivity index (χ2n) is 1.74. The van der Waals surface area contributed by atoms with Gasteiger partial charge in [0.05, 0.1) is 20.3 Å². The van der Waals surface area contributed by atoms with Crippen molar-refractivity contribution >= 4 is 5.97 Å². The van der Waals surface area contributed by atoms with Crippen LogP contribution in [0.25, 0.3) is 0 Å². The quantitative estimate of drug-likeness (QED) is 0.319. The van der Waals surface area contributed by atoms with Crippen LogP contribution in [0.5, 0.6) is 0 Å². The number of carbonyl (C=O) groups excluding carboxylic acids is 1. The van der Waals surface area contributed by atoms with Gasteiger partial charge in [0, 0.05) is 7.11 Å². The van der Waals surface area contributed by atoms with E-state index < -0.39 is 0 Å². The fourth-order valence-electron chi connectivity index (χ4n) is 0.379. The largest absolute Gasteiger partial charge is 0.468 e. The van der Waals surface area contributed by atoms with Crippen LogP contribution in [0.3, 0.4) is 0 Å². The van der Waals surface area contributed by atoms with Crippen molar-refractivity contribution in [1.29, 1.82) is 0 Å². The summed E-state index contributed by atoms with van der Waals surface area (Å²) < 4.78 is 9.04. The van der Waals surface area contributed by atoms with Gasteiger partial charge in [-0.25, -0.2) is 0 Å². The highest BCUT2D eigenvalue weighted by molar-refractivity contribution is 5.71. The summed E-state index contributed by atoms with van der Waals surface area (Å²) in [4.78, 5) is 15.2. The zero-order chi connectivity index (χ0) is 8.53. The minimum absolute atomic E-state index is 0.0558. The van der Waals surface area contributed by atoms with Gasteiger partial charge in [-0.1, -0.05) is 0 Å². The topological polar surface area (TPSA) is 56.8 Å². The average molecular weight is 163 g/mol. The Hall–Kier alpha value is -0.650. The van der Waals surface area contributed by atoms with Crippen molar-refractivity contribution in [3.63, 3.8) is 0 Å². The van der Waals surface area contributed by atoms with Crippen LogP contribution in [0.2, 0.25) is 0 Å². The minimum atomic E-state index is -0.359. The molecule has 0 saturated heterocycles. The molecule has 11 heavy (non-hydrogen) atoms. The van der Waals surface area contributed by atoms with Gasteiger partial charge in [0.2, 0.25) is 0 Å². The van der Waals surface area contributed by atoms with Crippen LogP contribution < -0.4 is 5.48 Å². The van der Waals surface area contributed by atoms with Gasteiger partial charge in [-0.05, 0) is 0 Å². The zero-order valence-corrected chi connectivity index (χ0v) is 6.75. The van der Waals surface area contributed by atoms with Crippen LogP contribution >= 0.6 is 0 Å². The lowest BCUT2D eigenvalue weighted by Gasteiger charge is -2.02. The maximum Gasteiger partial charge on any atom is 0.322 e. The molecule has 5 heteroatoms. The minimum Gasteiger partial charge on any atom is -0.468 e. The van der Waals surface area contributed by atoms with Crippen molar-refractivity contribution < 1.29 is 19.1 Å². The van der Waals surface area contributed by atoms with Gasteiger partial charge < -0.3 is 9.47 Å². The summed E-state index contributed by atoms with van der Waals surface area (Å²) in [6.07, 6.45) is 0. The number of esters is 1. The Balaban J connectivity index is 2.95. The number of nitrogens with one attached hydrogen (secondary N) is 1. The molecule has 0 aliphatic carbocycles. The number of ether oxygens (including phenoxy) is 2. The fourth-order valence-corrected chi connectivity index (χ4v) is 0.379. The van der Waals surface area contributed by atoms with Crippen LogP contribution in [0, 0.1) is 0 Å². The van der Waals surface area contributed by atoms with E-state index in [4.69, 9.17) is 9.57 Å². The first-order chi connectivity index (χ1) is 5.31. The van der Waals surface area contributed by atoms with Crippen molar-refractivity contribution in [2.24, 2.45) is 0 Å². The van der Waals surface area contributed by atoms with E-state index in [0.717, 1.165) is 0 Å².